The normalized spacial score (nSPS) is 20.1. The fourth-order valence-electron chi connectivity index (χ4n) is 4.09. The van der Waals surface area contributed by atoms with Crippen LogP contribution in [0.4, 0.5) is 0 Å². The van der Waals surface area contributed by atoms with Crippen LogP contribution < -0.4 is 5.32 Å². The Labute approximate surface area is 167 Å². The van der Waals surface area contributed by atoms with Crippen molar-refractivity contribution in [1.82, 2.24) is 9.62 Å². The number of furan rings is 1. The number of rotatable bonds is 3. The third-order valence-electron chi connectivity index (χ3n) is 5.63. The number of hydrogen-bond donors (Lipinski definition) is 1. The molecule has 8 heteroatoms. The summed E-state index contributed by atoms with van der Waals surface area (Å²) in [4.78, 5) is 23.7. The van der Waals surface area contributed by atoms with Crippen molar-refractivity contribution in [2.45, 2.75) is 36.7 Å². The van der Waals surface area contributed by atoms with Gasteiger partial charge in [0, 0.05) is 24.9 Å². The van der Waals surface area contributed by atoms with Crippen LogP contribution >= 0.6 is 0 Å². The van der Waals surface area contributed by atoms with Crippen LogP contribution in [-0.4, -0.2) is 24.5 Å². The van der Waals surface area contributed by atoms with Crippen LogP contribution in [0.25, 0.3) is 11.0 Å². The van der Waals surface area contributed by atoms with Gasteiger partial charge in [0.2, 0.25) is 21.8 Å². The quantitative estimate of drug-likeness (QED) is 0.670. The second-order valence-electron chi connectivity index (χ2n) is 7.40. The number of para-hydroxylation sites is 1. The van der Waals surface area contributed by atoms with E-state index >= 15 is 0 Å². The van der Waals surface area contributed by atoms with Crippen molar-refractivity contribution in [2.24, 2.45) is 0 Å². The van der Waals surface area contributed by atoms with Gasteiger partial charge in [-0.25, -0.2) is 8.42 Å². The molecule has 0 saturated carbocycles. The molecule has 0 radical (unpaired) electrons. The molecule has 3 heterocycles. The lowest BCUT2D eigenvalue weighted by Crippen LogP contribution is -2.39. The van der Waals surface area contributed by atoms with E-state index in [1.165, 1.54) is 10.6 Å². The van der Waals surface area contributed by atoms with E-state index in [-0.39, 0.29) is 35.7 Å². The first-order chi connectivity index (χ1) is 13.9. The monoisotopic (exact) mass is 410 g/mol. The Kier molecular flexibility index (Phi) is 4.07. The highest BCUT2D eigenvalue weighted by atomic mass is 32.2. The number of benzene rings is 2. The summed E-state index contributed by atoms with van der Waals surface area (Å²) in [5, 5.41) is 3.11. The highest BCUT2D eigenvalue weighted by Gasteiger charge is 2.34. The maximum atomic E-state index is 13.3. The molecule has 29 heavy (non-hydrogen) atoms. The first kappa shape index (κ1) is 18.1. The van der Waals surface area contributed by atoms with E-state index in [2.05, 4.69) is 5.32 Å². The second kappa shape index (κ2) is 6.53. The number of fused-ring (bicyclic) bond motifs is 2. The lowest BCUT2D eigenvalue weighted by Gasteiger charge is -2.21. The Morgan fingerprint density at radius 2 is 1.86 bits per heavy atom. The largest absolute Gasteiger partial charge is 0.463 e. The fourth-order valence-corrected chi connectivity index (χ4v) is 5.64. The summed E-state index contributed by atoms with van der Waals surface area (Å²) in [5.74, 6) is -0.939. The number of hydrogen-bond acceptors (Lipinski definition) is 5. The van der Waals surface area contributed by atoms with E-state index in [1.54, 1.807) is 18.2 Å². The van der Waals surface area contributed by atoms with Crippen molar-refractivity contribution < 1.29 is 22.4 Å². The third-order valence-corrected chi connectivity index (χ3v) is 7.44. The van der Waals surface area contributed by atoms with Crippen molar-refractivity contribution >= 4 is 32.8 Å². The second-order valence-corrected chi connectivity index (χ2v) is 9.31. The molecular weight excluding hydrogens is 392 g/mol. The van der Waals surface area contributed by atoms with Crippen LogP contribution in [0.1, 0.15) is 35.4 Å². The first-order valence-corrected chi connectivity index (χ1v) is 10.8. The predicted molar refractivity (Wildman–Crippen MR) is 104 cm³/mol. The SMILES string of the molecule is O=C1CCC(c2ccc3c(c2)CN(S(=O)(=O)c2cccc4ccoc24)C3)C(=O)N1. The molecule has 2 aromatic carbocycles. The summed E-state index contributed by atoms with van der Waals surface area (Å²) in [7, 11) is -3.74. The third kappa shape index (κ3) is 2.95. The lowest BCUT2D eigenvalue weighted by atomic mass is 9.89. The van der Waals surface area contributed by atoms with Crippen molar-refractivity contribution in [1.29, 1.82) is 0 Å². The number of carbonyl (C=O) groups excluding carboxylic acids is 2. The van der Waals surface area contributed by atoms with Crippen LogP contribution in [0.2, 0.25) is 0 Å². The molecule has 0 spiro atoms. The van der Waals surface area contributed by atoms with Gasteiger partial charge in [0.05, 0.1) is 12.2 Å². The topological polar surface area (TPSA) is 96.7 Å². The van der Waals surface area contributed by atoms with Gasteiger partial charge in [-0.15, -0.1) is 0 Å². The molecule has 7 nitrogen and oxygen atoms in total. The Morgan fingerprint density at radius 1 is 1.03 bits per heavy atom. The fraction of sp³-hybridized carbons (Fsp3) is 0.238. The highest BCUT2D eigenvalue weighted by Crippen LogP contribution is 2.34. The smallest absolute Gasteiger partial charge is 0.247 e. The molecule has 2 amide bonds. The minimum atomic E-state index is -3.74. The molecular formula is C21H18N2O5S. The predicted octanol–water partition coefficient (Wildman–Crippen LogP) is 2.66. The number of imide groups is 1. The summed E-state index contributed by atoms with van der Waals surface area (Å²) in [6, 6.07) is 12.4. The molecule has 0 aliphatic carbocycles. The van der Waals surface area contributed by atoms with E-state index < -0.39 is 10.0 Å². The molecule has 1 aromatic heterocycles. The summed E-state index contributed by atoms with van der Waals surface area (Å²) in [5.41, 5.74) is 2.95. The van der Waals surface area contributed by atoms with Crippen LogP contribution in [-0.2, 0) is 32.7 Å². The zero-order valence-corrected chi connectivity index (χ0v) is 16.2. The Morgan fingerprint density at radius 3 is 2.69 bits per heavy atom. The molecule has 1 fully saturated rings. The molecule has 2 aliphatic heterocycles. The first-order valence-electron chi connectivity index (χ1n) is 9.35. The molecule has 1 unspecified atom stereocenters. The Hall–Kier alpha value is -2.97. The zero-order valence-electron chi connectivity index (χ0n) is 15.4. The molecule has 1 atom stereocenters. The minimum absolute atomic E-state index is 0.151. The van der Waals surface area contributed by atoms with Crippen molar-refractivity contribution in [2.75, 3.05) is 0 Å². The van der Waals surface area contributed by atoms with E-state index in [4.69, 9.17) is 4.42 Å². The Balaban J connectivity index is 1.45. The van der Waals surface area contributed by atoms with Gasteiger partial charge >= 0.3 is 0 Å². The van der Waals surface area contributed by atoms with Gasteiger partial charge in [0.15, 0.2) is 5.58 Å². The van der Waals surface area contributed by atoms with Crippen molar-refractivity contribution in [3.63, 3.8) is 0 Å². The summed E-state index contributed by atoms with van der Waals surface area (Å²) < 4.78 is 33.3. The lowest BCUT2D eigenvalue weighted by molar-refractivity contribution is -0.134. The van der Waals surface area contributed by atoms with Crippen LogP contribution in [0.15, 0.2) is 58.0 Å². The van der Waals surface area contributed by atoms with E-state index in [0.717, 1.165) is 22.1 Å². The molecule has 148 valence electrons. The maximum Gasteiger partial charge on any atom is 0.247 e. The molecule has 0 bridgehead atoms. The summed E-state index contributed by atoms with van der Waals surface area (Å²) in [6.45, 7) is 0.500. The number of piperidine rings is 1. The molecule has 1 N–H and O–H groups in total. The van der Waals surface area contributed by atoms with Crippen LogP contribution in [0, 0.1) is 0 Å². The average Bonchev–Trinajstić information content (AvgIpc) is 3.34. The number of sulfonamides is 1. The molecule has 5 rings (SSSR count). The van der Waals surface area contributed by atoms with Gasteiger partial charge in [-0.1, -0.05) is 30.3 Å². The van der Waals surface area contributed by atoms with Gasteiger partial charge in [-0.05, 0) is 35.2 Å². The van der Waals surface area contributed by atoms with Crippen LogP contribution in [0.5, 0.6) is 0 Å². The highest BCUT2D eigenvalue weighted by molar-refractivity contribution is 7.89. The standard InChI is InChI=1S/C21H18N2O5S/c24-19-7-6-17(21(25)22-19)14-4-5-15-11-23(12-16(15)10-14)29(26,27)18-3-1-2-13-8-9-28-20(13)18/h1-5,8-10,17H,6-7,11-12H2,(H,22,24,25). The van der Waals surface area contributed by atoms with Crippen molar-refractivity contribution in [3.05, 3.63) is 65.4 Å². The molecule has 2 aliphatic rings. The summed E-state index contributed by atoms with van der Waals surface area (Å²) >= 11 is 0. The number of amides is 2. The number of carbonyl (C=O) groups is 2. The molecule has 3 aromatic rings. The van der Waals surface area contributed by atoms with E-state index in [9.17, 15) is 18.0 Å². The van der Waals surface area contributed by atoms with E-state index in [1.807, 2.05) is 24.3 Å². The minimum Gasteiger partial charge on any atom is -0.463 e. The van der Waals surface area contributed by atoms with E-state index in [0.29, 0.717) is 18.4 Å². The van der Waals surface area contributed by atoms with Gasteiger partial charge in [-0.3, -0.25) is 14.9 Å². The average molecular weight is 410 g/mol. The number of nitrogens with one attached hydrogen (secondary N) is 1. The van der Waals surface area contributed by atoms with Gasteiger partial charge in [0.25, 0.3) is 0 Å². The maximum absolute atomic E-state index is 13.3. The van der Waals surface area contributed by atoms with Crippen LogP contribution in [0.3, 0.4) is 0 Å². The zero-order chi connectivity index (χ0) is 20.2. The Bertz CT molecular complexity index is 1260. The molecule has 1 saturated heterocycles. The van der Waals surface area contributed by atoms with Crippen molar-refractivity contribution in [3.8, 4) is 0 Å². The van der Waals surface area contributed by atoms with Gasteiger partial charge < -0.3 is 4.42 Å². The van der Waals surface area contributed by atoms with Gasteiger partial charge in [0.1, 0.15) is 4.90 Å². The van der Waals surface area contributed by atoms with Gasteiger partial charge in [-0.2, -0.15) is 4.31 Å². The number of nitrogens with zero attached hydrogens (tertiary/aromatic N) is 1. The summed E-state index contributed by atoms with van der Waals surface area (Å²) in [6.07, 6.45) is 2.25.